The molecule has 5 heteroatoms. The molecule has 0 amide bonds. The monoisotopic (exact) mass is 386 g/mol. The molecule has 0 radical (unpaired) electrons. The second-order valence-corrected chi connectivity index (χ2v) is 10.1. The van der Waals surface area contributed by atoms with E-state index in [-0.39, 0.29) is 5.41 Å². The van der Waals surface area contributed by atoms with Crippen molar-refractivity contribution >= 4 is 10.0 Å². The maximum atomic E-state index is 12.7. The molecule has 1 aliphatic rings. The Balaban J connectivity index is 1.70. The first-order chi connectivity index (χ1) is 12.8. The summed E-state index contributed by atoms with van der Waals surface area (Å²) in [7, 11) is -3.53. The molecule has 2 aromatic carbocycles. The van der Waals surface area contributed by atoms with Gasteiger partial charge in [-0.25, -0.2) is 13.1 Å². The fourth-order valence-electron chi connectivity index (χ4n) is 3.46. The van der Waals surface area contributed by atoms with E-state index in [0.29, 0.717) is 11.4 Å². The van der Waals surface area contributed by atoms with Gasteiger partial charge in [0.15, 0.2) is 0 Å². The molecule has 1 saturated heterocycles. The Hall–Kier alpha value is -1.69. The van der Waals surface area contributed by atoms with Crippen molar-refractivity contribution in [2.75, 3.05) is 13.1 Å². The lowest BCUT2D eigenvalue weighted by Crippen LogP contribution is -2.25. The van der Waals surface area contributed by atoms with Crippen LogP contribution in [0.25, 0.3) is 0 Å². The second-order valence-electron chi connectivity index (χ2n) is 8.35. The number of benzene rings is 2. The highest BCUT2D eigenvalue weighted by Crippen LogP contribution is 2.23. The lowest BCUT2D eigenvalue weighted by Gasteiger charge is -2.19. The first kappa shape index (κ1) is 20.1. The maximum Gasteiger partial charge on any atom is 0.240 e. The molecule has 0 bridgehead atoms. The lowest BCUT2D eigenvalue weighted by molar-refractivity contribution is 0.330. The lowest BCUT2D eigenvalue weighted by atomic mass is 9.87. The fraction of sp³-hybridized carbons (Fsp3) is 0.455. The van der Waals surface area contributed by atoms with Crippen LogP contribution in [0, 0.1) is 0 Å². The van der Waals surface area contributed by atoms with Crippen LogP contribution in [0.2, 0.25) is 0 Å². The highest BCUT2D eigenvalue weighted by atomic mass is 32.2. The number of nitrogens with one attached hydrogen (secondary N) is 1. The summed E-state index contributed by atoms with van der Waals surface area (Å²) in [4.78, 5) is 2.74. The summed E-state index contributed by atoms with van der Waals surface area (Å²) in [6, 6.07) is 15.3. The average Bonchev–Trinajstić information content (AvgIpc) is 3.13. The molecule has 27 heavy (non-hydrogen) atoms. The zero-order chi connectivity index (χ0) is 19.5. The SMILES string of the molecule is CC(C)(C)c1ccc(S(=O)(=O)NCc2ccccc2CN2CCCC2)cc1. The number of likely N-dealkylation sites (tertiary alicyclic amines) is 1. The fourth-order valence-corrected chi connectivity index (χ4v) is 4.46. The van der Waals surface area contributed by atoms with Crippen molar-refractivity contribution in [3.05, 3.63) is 65.2 Å². The van der Waals surface area contributed by atoms with Gasteiger partial charge in [-0.2, -0.15) is 0 Å². The molecule has 3 rings (SSSR count). The van der Waals surface area contributed by atoms with Crippen LogP contribution in [0.3, 0.4) is 0 Å². The summed E-state index contributed by atoms with van der Waals surface area (Å²) >= 11 is 0. The van der Waals surface area contributed by atoms with Gasteiger partial charge >= 0.3 is 0 Å². The predicted octanol–water partition coefficient (Wildman–Crippen LogP) is 4.06. The molecule has 4 nitrogen and oxygen atoms in total. The van der Waals surface area contributed by atoms with Crippen molar-refractivity contribution in [3.8, 4) is 0 Å². The van der Waals surface area contributed by atoms with Crippen LogP contribution in [-0.4, -0.2) is 26.4 Å². The minimum Gasteiger partial charge on any atom is -0.299 e. The number of rotatable bonds is 6. The number of hydrogen-bond acceptors (Lipinski definition) is 3. The van der Waals surface area contributed by atoms with E-state index in [1.165, 1.54) is 18.4 Å². The predicted molar refractivity (Wildman–Crippen MR) is 110 cm³/mol. The largest absolute Gasteiger partial charge is 0.299 e. The standard InChI is InChI=1S/C22H30N2O2S/c1-22(2,3)20-10-12-21(13-11-20)27(25,26)23-16-18-8-4-5-9-19(18)17-24-14-6-7-15-24/h4-5,8-13,23H,6-7,14-17H2,1-3H3. The van der Waals surface area contributed by atoms with Gasteiger partial charge in [0.25, 0.3) is 0 Å². The van der Waals surface area contributed by atoms with E-state index < -0.39 is 10.0 Å². The molecule has 0 aliphatic carbocycles. The van der Waals surface area contributed by atoms with Crippen LogP contribution in [-0.2, 0) is 28.5 Å². The van der Waals surface area contributed by atoms with Crippen LogP contribution in [0.1, 0.15) is 50.3 Å². The zero-order valence-corrected chi connectivity index (χ0v) is 17.3. The first-order valence-electron chi connectivity index (χ1n) is 9.65. The highest BCUT2D eigenvalue weighted by Gasteiger charge is 2.18. The molecular formula is C22H30N2O2S. The summed E-state index contributed by atoms with van der Waals surface area (Å²) in [6.45, 7) is 9.80. The van der Waals surface area contributed by atoms with E-state index in [4.69, 9.17) is 0 Å². The van der Waals surface area contributed by atoms with Gasteiger partial charge in [-0.05, 0) is 60.2 Å². The van der Waals surface area contributed by atoms with E-state index >= 15 is 0 Å². The molecule has 1 heterocycles. The highest BCUT2D eigenvalue weighted by molar-refractivity contribution is 7.89. The Morgan fingerprint density at radius 2 is 1.52 bits per heavy atom. The zero-order valence-electron chi connectivity index (χ0n) is 16.5. The second kappa shape index (κ2) is 8.13. The molecule has 0 unspecified atom stereocenters. The molecule has 0 atom stereocenters. The molecule has 0 saturated carbocycles. The molecule has 1 fully saturated rings. The molecule has 146 valence electrons. The summed E-state index contributed by atoms with van der Waals surface area (Å²) in [5.41, 5.74) is 3.37. The molecular weight excluding hydrogens is 356 g/mol. The summed E-state index contributed by atoms with van der Waals surface area (Å²) in [5, 5.41) is 0. The third-order valence-corrected chi connectivity index (χ3v) is 6.61. The van der Waals surface area contributed by atoms with Gasteiger partial charge in [0.1, 0.15) is 0 Å². The Kier molecular flexibility index (Phi) is 6.04. The van der Waals surface area contributed by atoms with Gasteiger partial charge in [-0.15, -0.1) is 0 Å². The molecule has 0 spiro atoms. The van der Waals surface area contributed by atoms with Gasteiger partial charge in [0.05, 0.1) is 4.90 Å². The number of sulfonamides is 1. The minimum atomic E-state index is -3.53. The van der Waals surface area contributed by atoms with E-state index in [9.17, 15) is 8.42 Å². The Morgan fingerprint density at radius 3 is 2.11 bits per heavy atom. The van der Waals surface area contributed by atoms with Crippen LogP contribution in [0.15, 0.2) is 53.4 Å². The van der Waals surface area contributed by atoms with E-state index in [1.54, 1.807) is 12.1 Å². The van der Waals surface area contributed by atoms with E-state index in [0.717, 1.165) is 30.8 Å². The van der Waals surface area contributed by atoms with E-state index in [2.05, 4.69) is 36.5 Å². The van der Waals surface area contributed by atoms with Crippen molar-refractivity contribution < 1.29 is 8.42 Å². The topological polar surface area (TPSA) is 49.4 Å². The third-order valence-electron chi connectivity index (χ3n) is 5.19. The van der Waals surface area contributed by atoms with Gasteiger partial charge in [-0.1, -0.05) is 57.2 Å². The summed E-state index contributed by atoms with van der Waals surface area (Å²) in [5.74, 6) is 0. The van der Waals surface area contributed by atoms with Crippen molar-refractivity contribution in [1.29, 1.82) is 0 Å². The molecule has 1 N–H and O–H groups in total. The first-order valence-corrected chi connectivity index (χ1v) is 11.1. The van der Waals surface area contributed by atoms with Crippen molar-refractivity contribution in [3.63, 3.8) is 0 Å². The minimum absolute atomic E-state index is 0.00420. The molecule has 0 aromatic heterocycles. The van der Waals surface area contributed by atoms with Gasteiger partial charge in [-0.3, -0.25) is 4.90 Å². The maximum absolute atomic E-state index is 12.7. The normalized spacial score (nSPS) is 16.0. The van der Waals surface area contributed by atoms with E-state index in [1.807, 2.05) is 30.3 Å². The van der Waals surface area contributed by atoms with Crippen molar-refractivity contribution in [2.45, 2.75) is 57.0 Å². The Labute approximate surface area is 163 Å². The van der Waals surface area contributed by atoms with Crippen LogP contribution >= 0.6 is 0 Å². The van der Waals surface area contributed by atoms with Crippen molar-refractivity contribution in [1.82, 2.24) is 9.62 Å². The number of nitrogens with zero attached hydrogens (tertiary/aromatic N) is 1. The quantitative estimate of drug-likeness (QED) is 0.814. The summed E-state index contributed by atoms with van der Waals surface area (Å²) in [6.07, 6.45) is 2.50. The van der Waals surface area contributed by atoms with Gasteiger partial charge in [0, 0.05) is 13.1 Å². The number of hydrogen-bond donors (Lipinski definition) is 1. The Bertz CT molecular complexity index is 862. The average molecular weight is 387 g/mol. The van der Waals surface area contributed by atoms with Gasteiger partial charge in [0.2, 0.25) is 10.0 Å². The Morgan fingerprint density at radius 1 is 0.926 bits per heavy atom. The molecule has 1 aliphatic heterocycles. The van der Waals surface area contributed by atoms with Gasteiger partial charge < -0.3 is 0 Å². The third kappa shape index (κ3) is 5.18. The van der Waals surface area contributed by atoms with Crippen LogP contribution in [0.5, 0.6) is 0 Å². The van der Waals surface area contributed by atoms with Crippen LogP contribution < -0.4 is 4.72 Å². The van der Waals surface area contributed by atoms with Crippen molar-refractivity contribution in [2.24, 2.45) is 0 Å². The summed E-state index contributed by atoms with van der Waals surface area (Å²) < 4.78 is 28.2. The smallest absolute Gasteiger partial charge is 0.240 e. The molecule has 2 aromatic rings. The van der Waals surface area contributed by atoms with Crippen LogP contribution in [0.4, 0.5) is 0 Å².